The van der Waals surface area contributed by atoms with Gasteiger partial charge in [0.2, 0.25) is 0 Å². The van der Waals surface area contributed by atoms with Crippen LogP contribution >= 0.6 is 0 Å². The predicted molar refractivity (Wildman–Crippen MR) is 47.6 cm³/mol. The molecule has 6 nitrogen and oxygen atoms in total. The summed E-state index contributed by atoms with van der Waals surface area (Å²) in [5.74, 6) is -1.87. The average molecular weight is 202 g/mol. The van der Waals surface area contributed by atoms with Crippen LogP contribution in [-0.2, 0) is 19.2 Å². The molecule has 0 saturated carbocycles. The summed E-state index contributed by atoms with van der Waals surface area (Å²) in [5, 5.41) is 0.456. The van der Waals surface area contributed by atoms with Gasteiger partial charge in [-0.15, -0.1) is 5.06 Å². The molecule has 0 fully saturated rings. The Morgan fingerprint density at radius 3 is 2.29 bits per heavy atom. The zero-order valence-electron chi connectivity index (χ0n) is 8.28. The SMILES string of the molecule is CCC(=O)N(OC(=O)CCN)C(C)=O. The molecule has 0 radical (unpaired) electrons. The first kappa shape index (κ1) is 12.6. The fourth-order valence-electron chi connectivity index (χ4n) is 0.700. The van der Waals surface area contributed by atoms with E-state index in [1.54, 1.807) is 6.92 Å². The van der Waals surface area contributed by atoms with Crippen molar-refractivity contribution < 1.29 is 19.2 Å². The summed E-state index contributed by atoms with van der Waals surface area (Å²) in [6.45, 7) is 2.82. The third-order valence-electron chi connectivity index (χ3n) is 1.36. The van der Waals surface area contributed by atoms with Crippen molar-refractivity contribution in [3.05, 3.63) is 0 Å². The van der Waals surface area contributed by atoms with Gasteiger partial charge in [0, 0.05) is 19.9 Å². The van der Waals surface area contributed by atoms with Gasteiger partial charge in [-0.2, -0.15) is 0 Å². The van der Waals surface area contributed by atoms with Crippen LogP contribution in [0.15, 0.2) is 0 Å². The zero-order valence-corrected chi connectivity index (χ0v) is 8.28. The molecule has 0 aliphatic carbocycles. The Bertz CT molecular complexity index is 239. The number of hydrogen-bond acceptors (Lipinski definition) is 5. The van der Waals surface area contributed by atoms with Gasteiger partial charge in [0.05, 0.1) is 6.42 Å². The van der Waals surface area contributed by atoms with E-state index in [0.717, 1.165) is 6.92 Å². The Morgan fingerprint density at radius 1 is 1.36 bits per heavy atom. The molecule has 0 aromatic carbocycles. The van der Waals surface area contributed by atoms with E-state index in [4.69, 9.17) is 5.73 Å². The minimum absolute atomic E-state index is 0.0270. The van der Waals surface area contributed by atoms with E-state index in [2.05, 4.69) is 4.84 Å². The van der Waals surface area contributed by atoms with Gasteiger partial charge in [0.15, 0.2) is 0 Å². The molecule has 2 N–H and O–H groups in total. The maximum absolute atomic E-state index is 11.1. The van der Waals surface area contributed by atoms with E-state index in [1.807, 2.05) is 0 Å². The minimum atomic E-state index is -0.690. The van der Waals surface area contributed by atoms with Gasteiger partial charge in [-0.05, 0) is 0 Å². The molecular formula is C8H14N2O4. The van der Waals surface area contributed by atoms with E-state index >= 15 is 0 Å². The molecule has 0 unspecified atom stereocenters. The van der Waals surface area contributed by atoms with Gasteiger partial charge in [0.25, 0.3) is 11.8 Å². The van der Waals surface area contributed by atoms with Gasteiger partial charge in [-0.1, -0.05) is 6.92 Å². The standard InChI is InChI=1S/C8H14N2O4/c1-3-7(12)10(6(2)11)14-8(13)4-5-9/h3-5,9H2,1-2H3. The second kappa shape index (κ2) is 6.09. The molecule has 6 heteroatoms. The van der Waals surface area contributed by atoms with Crippen LogP contribution < -0.4 is 5.73 Å². The number of carbonyl (C=O) groups is 3. The Balaban J connectivity index is 4.31. The fourth-order valence-corrected chi connectivity index (χ4v) is 0.700. The monoisotopic (exact) mass is 202 g/mol. The van der Waals surface area contributed by atoms with Crippen LogP contribution in [0.3, 0.4) is 0 Å². The van der Waals surface area contributed by atoms with Crippen LogP contribution in [0.4, 0.5) is 0 Å². The van der Waals surface area contributed by atoms with E-state index < -0.39 is 17.8 Å². The van der Waals surface area contributed by atoms with Crippen LogP contribution in [-0.4, -0.2) is 29.4 Å². The summed E-state index contributed by atoms with van der Waals surface area (Å²) in [6, 6.07) is 0. The first-order chi connectivity index (χ1) is 6.52. The van der Waals surface area contributed by atoms with Crippen molar-refractivity contribution in [1.82, 2.24) is 5.06 Å². The van der Waals surface area contributed by atoms with Crippen molar-refractivity contribution in [3.63, 3.8) is 0 Å². The molecule has 80 valence electrons. The summed E-state index contributed by atoms with van der Waals surface area (Å²) in [7, 11) is 0. The Morgan fingerprint density at radius 2 is 1.93 bits per heavy atom. The van der Waals surface area contributed by atoms with Crippen molar-refractivity contribution in [3.8, 4) is 0 Å². The maximum atomic E-state index is 11.1. The highest BCUT2D eigenvalue weighted by molar-refractivity contribution is 5.93. The molecule has 2 amide bonds. The number of hydrogen-bond donors (Lipinski definition) is 1. The smallest absolute Gasteiger partial charge is 0.330 e. The molecule has 14 heavy (non-hydrogen) atoms. The highest BCUT2D eigenvalue weighted by Crippen LogP contribution is 1.98. The average Bonchev–Trinajstić information content (AvgIpc) is 2.13. The molecule has 0 aromatic rings. The van der Waals surface area contributed by atoms with Crippen LogP contribution in [0, 0.1) is 0 Å². The highest BCUT2D eigenvalue weighted by Gasteiger charge is 2.20. The Labute approximate surface area is 81.9 Å². The van der Waals surface area contributed by atoms with Gasteiger partial charge < -0.3 is 10.6 Å². The second-order valence-electron chi connectivity index (χ2n) is 2.56. The lowest BCUT2D eigenvalue weighted by molar-refractivity contribution is -0.201. The van der Waals surface area contributed by atoms with Crippen LogP contribution in [0.5, 0.6) is 0 Å². The van der Waals surface area contributed by atoms with Gasteiger partial charge in [-0.3, -0.25) is 9.59 Å². The summed E-state index contributed by atoms with van der Waals surface area (Å²) < 4.78 is 0. The molecule has 0 aliphatic heterocycles. The van der Waals surface area contributed by atoms with Gasteiger partial charge in [0.1, 0.15) is 0 Å². The lowest BCUT2D eigenvalue weighted by Gasteiger charge is -2.16. The first-order valence-corrected chi connectivity index (χ1v) is 4.27. The lowest BCUT2D eigenvalue weighted by atomic mass is 10.4. The van der Waals surface area contributed by atoms with E-state index in [1.165, 1.54) is 0 Å². The summed E-state index contributed by atoms with van der Waals surface area (Å²) >= 11 is 0. The summed E-state index contributed by atoms with van der Waals surface area (Å²) in [6.07, 6.45) is 0.0657. The number of amides is 2. The summed E-state index contributed by atoms with van der Waals surface area (Å²) in [4.78, 5) is 37.4. The lowest BCUT2D eigenvalue weighted by Crippen LogP contribution is -2.37. The molecule has 0 rings (SSSR count). The van der Waals surface area contributed by atoms with Crippen molar-refractivity contribution >= 4 is 17.8 Å². The quantitative estimate of drug-likeness (QED) is 0.627. The van der Waals surface area contributed by atoms with Crippen molar-refractivity contribution in [2.24, 2.45) is 5.73 Å². The Hall–Kier alpha value is -1.43. The number of rotatable bonds is 3. The molecule has 0 bridgehead atoms. The van der Waals surface area contributed by atoms with Gasteiger partial charge >= 0.3 is 5.97 Å². The Kier molecular flexibility index (Phi) is 5.47. The number of nitrogens with zero attached hydrogens (tertiary/aromatic N) is 1. The van der Waals surface area contributed by atoms with Crippen LogP contribution in [0.25, 0.3) is 0 Å². The second-order valence-corrected chi connectivity index (χ2v) is 2.56. The molecule has 0 aliphatic rings. The van der Waals surface area contributed by atoms with Gasteiger partial charge in [-0.25, -0.2) is 4.79 Å². The zero-order chi connectivity index (χ0) is 11.1. The number of carbonyl (C=O) groups excluding carboxylic acids is 3. The molecule has 0 atom stereocenters. The molecular weight excluding hydrogens is 188 g/mol. The number of imide groups is 1. The number of nitrogens with two attached hydrogens (primary N) is 1. The van der Waals surface area contributed by atoms with Crippen molar-refractivity contribution in [2.45, 2.75) is 26.7 Å². The van der Waals surface area contributed by atoms with Crippen molar-refractivity contribution in [2.75, 3.05) is 6.54 Å². The third kappa shape index (κ3) is 3.99. The third-order valence-corrected chi connectivity index (χ3v) is 1.36. The largest absolute Gasteiger partial charge is 0.334 e. The van der Waals surface area contributed by atoms with Crippen molar-refractivity contribution in [1.29, 1.82) is 0 Å². The predicted octanol–water partition coefficient (Wildman–Crippen LogP) is -0.421. The molecule has 0 aromatic heterocycles. The maximum Gasteiger partial charge on any atom is 0.334 e. The van der Waals surface area contributed by atoms with E-state index in [-0.39, 0.29) is 19.4 Å². The van der Waals surface area contributed by atoms with E-state index in [9.17, 15) is 14.4 Å². The first-order valence-electron chi connectivity index (χ1n) is 4.27. The highest BCUT2D eigenvalue weighted by atomic mass is 16.7. The molecule has 0 saturated heterocycles. The van der Waals surface area contributed by atoms with Crippen LogP contribution in [0.2, 0.25) is 0 Å². The fraction of sp³-hybridized carbons (Fsp3) is 0.625. The van der Waals surface area contributed by atoms with E-state index in [0.29, 0.717) is 5.06 Å². The normalized spacial score (nSPS) is 9.36. The molecule has 0 spiro atoms. The summed E-state index contributed by atoms with van der Waals surface area (Å²) in [5.41, 5.74) is 5.10. The minimum Gasteiger partial charge on any atom is -0.330 e. The topological polar surface area (TPSA) is 89.7 Å². The molecule has 0 heterocycles. The van der Waals surface area contributed by atoms with Crippen LogP contribution in [0.1, 0.15) is 26.7 Å². The number of hydroxylamine groups is 2.